The fourth-order valence-corrected chi connectivity index (χ4v) is 1.23. The molecule has 1 aromatic rings. The molecule has 0 spiro atoms. The summed E-state index contributed by atoms with van der Waals surface area (Å²) in [4.78, 5) is 4.21. The fourth-order valence-electron chi connectivity index (χ4n) is 1.23. The molecule has 0 unspecified atom stereocenters. The van der Waals surface area contributed by atoms with E-state index in [1.807, 2.05) is 18.3 Å². The van der Waals surface area contributed by atoms with E-state index in [4.69, 9.17) is 4.74 Å². The van der Waals surface area contributed by atoms with E-state index in [2.05, 4.69) is 24.1 Å². The molecule has 0 aliphatic carbocycles. The zero-order valence-electron chi connectivity index (χ0n) is 9.62. The third-order valence-corrected chi connectivity index (χ3v) is 2.11. The van der Waals surface area contributed by atoms with Crippen molar-refractivity contribution in [3.63, 3.8) is 0 Å². The van der Waals surface area contributed by atoms with Crippen molar-refractivity contribution in [2.75, 3.05) is 25.1 Å². The molecule has 0 bridgehead atoms. The van der Waals surface area contributed by atoms with Crippen LogP contribution in [0.1, 0.15) is 25.3 Å². The number of nitrogens with one attached hydrogen (secondary N) is 1. The largest absolute Gasteiger partial charge is 0.380 e. The predicted molar refractivity (Wildman–Crippen MR) is 63.2 cm³/mol. The number of aromatic nitrogens is 1. The second kappa shape index (κ2) is 7.23. The summed E-state index contributed by atoms with van der Waals surface area (Å²) in [5.74, 6) is 0.925. The summed E-state index contributed by atoms with van der Waals surface area (Å²) in [6, 6.07) is 4.02. The molecule has 1 aromatic heterocycles. The van der Waals surface area contributed by atoms with Crippen molar-refractivity contribution in [1.82, 2.24) is 4.98 Å². The number of unbranched alkanes of at least 4 members (excludes halogenated alkanes) is 1. The smallest absolute Gasteiger partial charge is 0.126 e. The Morgan fingerprint density at radius 3 is 3.00 bits per heavy atom. The maximum absolute atomic E-state index is 5.44. The first-order valence-electron chi connectivity index (χ1n) is 5.57. The number of hydrogen-bond acceptors (Lipinski definition) is 3. The Morgan fingerprint density at radius 2 is 2.27 bits per heavy atom. The van der Waals surface area contributed by atoms with Crippen molar-refractivity contribution in [3.8, 4) is 0 Å². The summed E-state index contributed by atoms with van der Waals surface area (Å²) in [6.07, 6.45) is 4.14. The summed E-state index contributed by atoms with van der Waals surface area (Å²) in [5.41, 5.74) is 1.22. The molecule has 0 atom stereocenters. The zero-order chi connectivity index (χ0) is 10.9. The molecule has 84 valence electrons. The van der Waals surface area contributed by atoms with Crippen molar-refractivity contribution < 1.29 is 4.74 Å². The SMILES string of the molecule is CCCCOCCNc1cc(C)ccn1. The van der Waals surface area contributed by atoms with Gasteiger partial charge >= 0.3 is 0 Å². The minimum atomic E-state index is 0.746. The van der Waals surface area contributed by atoms with E-state index in [9.17, 15) is 0 Å². The van der Waals surface area contributed by atoms with Crippen LogP contribution >= 0.6 is 0 Å². The van der Waals surface area contributed by atoms with Crippen molar-refractivity contribution in [2.45, 2.75) is 26.7 Å². The van der Waals surface area contributed by atoms with Crippen molar-refractivity contribution in [2.24, 2.45) is 0 Å². The number of anilines is 1. The summed E-state index contributed by atoms with van der Waals surface area (Å²) in [7, 11) is 0. The van der Waals surface area contributed by atoms with Gasteiger partial charge in [0.05, 0.1) is 6.61 Å². The first kappa shape index (κ1) is 12.0. The fraction of sp³-hybridized carbons (Fsp3) is 0.583. The Balaban J connectivity index is 2.10. The Morgan fingerprint density at radius 1 is 1.40 bits per heavy atom. The van der Waals surface area contributed by atoms with Crippen LogP contribution in [0.15, 0.2) is 18.3 Å². The molecule has 3 nitrogen and oxygen atoms in total. The van der Waals surface area contributed by atoms with Gasteiger partial charge in [0, 0.05) is 19.3 Å². The number of nitrogens with zero attached hydrogens (tertiary/aromatic N) is 1. The minimum absolute atomic E-state index is 0.746. The lowest BCUT2D eigenvalue weighted by Gasteiger charge is -2.06. The molecule has 0 saturated heterocycles. The summed E-state index contributed by atoms with van der Waals surface area (Å²) < 4.78 is 5.44. The molecule has 1 rings (SSSR count). The second-order valence-corrected chi connectivity index (χ2v) is 3.61. The van der Waals surface area contributed by atoms with E-state index >= 15 is 0 Å². The number of pyridine rings is 1. The maximum Gasteiger partial charge on any atom is 0.126 e. The van der Waals surface area contributed by atoms with Gasteiger partial charge in [-0.15, -0.1) is 0 Å². The molecule has 0 fully saturated rings. The lowest BCUT2D eigenvalue weighted by molar-refractivity contribution is 0.141. The molecule has 0 aliphatic rings. The van der Waals surface area contributed by atoms with Gasteiger partial charge in [0.1, 0.15) is 5.82 Å². The predicted octanol–water partition coefficient (Wildman–Crippen LogP) is 2.62. The summed E-state index contributed by atoms with van der Waals surface area (Å²) in [5, 5.41) is 3.23. The average Bonchev–Trinajstić information content (AvgIpc) is 2.23. The van der Waals surface area contributed by atoms with Gasteiger partial charge < -0.3 is 10.1 Å². The number of rotatable bonds is 7. The molecule has 1 heterocycles. The Labute approximate surface area is 91.9 Å². The van der Waals surface area contributed by atoms with Crippen LogP contribution in [0.5, 0.6) is 0 Å². The van der Waals surface area contributed by atoms with Crippen LogP contribution in [0.25, 0.3) is 0 Å². The van der Waals surface area contributed by atoms with Crippen molar-refractivity contribution >= 4 is 5.82 Å². The molecular formula is C12H20N2O. The topological polar surface area (TPSA) is 34.1 Å². The van der Waals surface area contributed by atoms with E-state index in [0.29, 0.717) is 0 Å². The molecule has 0 aromatic carbocycles. The van der Waals surface area contributed by atoms with Crippen LogP contribution in [0.2, 0.25) is 0 Å². The van der Waals surface area contributed by atoms with Gasteiger partial charge in [0.2, 0.25) is 0 Å². The minimum Gasteiger partial charge on any atom is -0.380 e. The van der Waals surface area contributed by atoms with Crippen LogP contribution in [0.3, 0.4) is 0 Å². The monoisotopic (exact) mass is 208 g/mol. The van der Waals surface area contributed by atoms with Crippen molar-refractivity contribution in [3.05, 3.63) is 23.9 Å². The third-order valence-electron chi connectivity index (χ3n) is 2.11. The normalized spacial score (nSPS) is 10.3. The molecule has 3 heteroatoms. The highest BCUT2D eigenvalue weighted by molar-refractivity contribution is 5.36. The van der Waals surface area contributed by atoms with E-state index in [-0.39, 0.29) is 0 Å². The Hall–Kier alpha value is -1.09. The number of hydrogen-bond donors (Lipinski definition) is 1. The average molecular weight is 208 g/mol. The standard InChI is InChI=1S/C12H20N2O/c1-3-4-8-15-9-7-14-12-10-11(2)5-6-13-12/h5-6,10H,3-4,7-9H2,1-2H3,(H,13,14). The molecular weight excluding hydrogens is 188 g/mol. The van der Waals surface area contributed by atoms with E-state index in [0.717, 1.165) is 32.0 Å². The molecule has 1 N–H and O–H groups in total. The van der Waals surface area contributed by atoms with Crippen LogP contribution < -0.4 is 5.32 Å². The molecule has 0 aliphatic heterocycles. The van der Waals surface area contributed by atoms with Crippen molar-refractivity contribution in [1.29, 1.82) is 0 Å². The zero-order valence-corrected chi connectivity index (χ0v) is 9.62. The maximum atomic E-state index is 5.44. The summed E-state index contributed by atoms with van der Waals surface area (Å²) in [6.45, 7) is 6.65. The number of aryl methyl sites for hydroxylation is 1. The first-order chi connectivity index (χ1) is 7.33. The second-order valence-electron chi connectivity index (χ2n) is 3.61. The highest BCUT2D eigenvalue weighted by Gasteiger charge is 1.93. The highest BCUT2D eigenvalue weighted by Crippen LogP contribution is 2.04. The lowest BCUT2D eigenvalue weighted by atomic mass is 10.3. The van der Waals surface area contributed by atoms with Gasteiger partial charge in [-0.1, -0.05) is 13.3 Å². The van der Waals surface area contributed by atoms with Crippen LogP contribution in [-0.4, -0.2) is 24.7 Å². The molecule has 0 radical (unpaired) electrons. The molecule has 0 amide bonds. The van der Waals surface area contributed by atoms with Crippen LogP contribution in [0.4, 0.5) is 5.82 Å². The third kappa shape index (κ3) is 5.37. The van der Waals surface area contributed by atoms with Gasteiger partial charge in [-0.05, 0) is 31.0 Å². The molecule has 0 saturated carbocycles. The van der Waals surface area contributed by atoms with Gasteiger partial charge in [-0.25, -0.2) is 4.98 Å². The highest BCUT2D eigenvalue weighted by atomic mass is 16.5. The van der Waals surface area contributed by atoms with Crippen LogP contribution in [0, 0.1) is 6.92 Å². The lowest BCUT2D eigenvalue weighted by Crippen LogP contribution is -2.10. The number of ether oxygens (including phenoxy) is 1. The molecule has 15 heavy (non-hydrogen) atoms. The van der Waals surface area contributed by atoms with E-state index < -0.39 is 0 Å². The van der Waals surface area contributed by atoms with Gasteiger partial charge in [0.25, 0.3) is 0 Å². The Bertz CT molecular complexity index is 276. The quantitative estimate of drug-likeness (QED) is 0.699. The van der Waals surface area contributed by atoms with Crippen LogP contribution in [-0.2, 0) is 4.74 Å². The summed E-state index contributed by atoms with van der Waals surface area (Å²) >= 11 is 0. The first-order valence-corrected chi connectivity index (χ1v) is 5.57. The Kier molecular flexibility index (Phi) is 5.78. The van der Waals surface area contributed by atoms with E-state index in [1.165, 1.54) is 12.0 Å². The van der Waals surface area contributed by atoms with Gasteiger partial charge in [-0.3, -0.25) is 0 Å². The van der Waals surface area contributed by atoms with Gasteiger partial charge in [0.15, 0.2) is 0 Å². The van der Waals surface area contributed by atoms with E-state index in [1.54, 1.807) is 0 Å². The van der Waals surface area contributed by atoms with Gasteiger partial charge in [-0.2, -0.15) is 0 Å².